The van der Waals surface area contributed by atoms with E-state index in [1.54, 1.807) is 0 Å². The average Bonchev–Trinajstić information content (AvgIpc) is 2.13. The zero-order chi connectivity index (χ0) is 9.84. The first-order chi connectivity index (χ1) is 6.16. The molecule has 0 unspecified atom stereocenters. The molecule has 0 bridgehead atoms. The van der Waals surface area contributed by atoms with Crippen LogP contribution in [0.5, 0.6) is 5.75 Å². The van der Waals surface area contributed by atoms with Gasteiger partial charge in [0.25, 0.3) is 0 Å². The quantitative estimate of drug-likeness (QED) is 0.754. The van der Waals surface area contributed by atoms with E-state index in [-0.39, 0.29) is 0 Å². The van der Waals surface area contributed by atoms with Crippen molar-refractivity contribution in [2.75, 3.05) is 6.54 Å². The van der Waals surface area contributed by atoms with Gasteiger partial charge >= 0.3 is 0 Å². The number of hydrogen-bond donors (Lipinski definition) is 2. The molecule has 0 aromatic heterocycles. The van der Waals surface area contributed by atoms with Crippen molar-refractivity contribution in [1.82, 2.24) is 0 Å². The van der Waals surface area contributed by atoms with Crippen molar-refractivity contribution >= 4 is 0 Å². The largest absolute Gasteiger partial charge is 0.505 e. The third kappa shape index (κ3) is 2.15. The summed E-state index contributed by atoms with van der Waals surface area (Å²) in [6.45, 7) is 0.457. The van der Waals surface area contributed by atoms with Gasteiger partial charge in [0.05, 0.1) is 0 Å². The van der Waals surface area contributed by atoms with Crippen LogP contribution in [0, 0.1) is 11.6 Å². The fourth-order valence-corrected chi connectivity index (χ4v) is 1.07. The van der Waals surface area contributed by atoms with Crippen molar-refractivity contribution in [3.8, 4) is 5.75 Å². The van der Waals surface area contributed by atoms with Gasteiger partial charge in [0, 0.05) is 0 Å². The molecule has 1 aromatic rings. The maximum absolute atomic E-state index is 12.8. The standard InChI is InChI=1S/C9H11F2NO/c10-7-4-3-6(2-1-5-12)9(13)8(7)11/h3-4,13H,1-2,5,12H2. The molecule has 1 aromatic carbocycles. The molecule has 0 amide bonds. The van der Waals surface area contributed by atoms with Gasteiger partial charge in [-0.15, -0.1) is 0 Å². The number of aryl methyl sites for hydroxylation is 1. The average molecular weight is 187 g/mol. The minimum atomic E-state index is -1.19. The highest BCUT2D eigenvalue weighted by atomic mass is 19.2. The Hall–Kier alpha value is -1.16. The molecule has 0 saturated carbocycles. The molecule has 0 aliphatic carbocycles. The zero-order valence-corrected chi connectivity index (χ0v) is 7.06. The van der Waals surface area contributed by atoms with Gasteiger partial charge in [0.2, 0.25) is 5.82 Å². The second-order valence-electron chi connectivity index (χ2n) is 2.76. The summed E-state index contributed by atoms with van der Waals surface area (Å²) in [6.07, 6.45) is 1.10. The van der Waals surface area contributed by atoms with Crippen LogP contribution in [-0.4, -0.2) is 11.7 Å². The molecule has 0 heterocycles. The lowest BCUT2D eigenvalue weighted by Crippen LogP contribution is -2.01. The monoisotopic (exact) mass is 187 g/mol. The molecule has 3 N–H and O–H groups in total. The molecule has 72 valence electrons. The Labute approximate surface area is 75.0 Å². The smallest absolute Gasteiger partial charge is 0.200 e. The van der Waals surface area contributed by atoms with Gasteiger partial charge < -0.3 is 10.8 Å². The molecule has 0 spiro atoms. The normalized spacial score (nSPS) is 10.4. The van der Waals surface area contributed by atoms with Crippen LogP contribution in [0.2, 0.25) is 0 Å². The van der Waals surface area contributed by atoms with Gasteiger partial charge in [-0.25, -0.2) is 4.39 Å². The van der Waals surface area contributed by atoms with E-state index in [2.05, 4.69) is 0 Å². The number of hydrogen-bond acceptors (Lipinski definition) is 2. The first-order valence-electron chi connectivity index (χ1n) is 4.02. The highest BCUT2D eigenvalue weighted by molar-refractivity contribution is 5.34. The summed E-state index contributed by atoms with van der Waals surface area (Å²) in [5, 5.41) is 9.15. The van der Waals surface area contributed by atoms with Gasteiger partial charge in [-0.2, -0.15) is 4.39 Å². The molecule has 2 nitrogen and oxygen atoms in total. The van der Waals surface area contributed by atoms with Crippen molar-refractivity contribution in [3.05, 3.63) is 29.3 Å². The molecule has 1 rings (SSSR count). The van der Waals surface area contributed by atoms with E-state index < -0.39 is 17.4 Å². The molecule has 0 saturated heterocycles. The molecule has 0 atom stereocenters. The Morgan fingerprint density at radius 2 is 2.00 bits per heavy atom. The van der Waals surface area contributed by atoms with E-state index in [1.807, 2.05) is 0 Å². The number of phenols is 1. The van der Waals surface area contributed by atoms with Gasteiger partial charge in [-0.05, 0) is 31.0 Å². The van der Waals surface area contributed by atoms with Gasteiger partial charge in [0.15, 0.2) is 11.6 Å². The fourth-order valence-electron chi connectivity index (χ4n) is 1.07. The van der Waals surface area contributed by atoms with E-state index >= 15 is 0 Å². The Morgan fingerprint density at radius 1 is 1.31 bits per heavy atom. The van der Waals surface area contributed by atoms with Crippen molar-refractivity contribution < 1.29 is 13.9 Å². The SMILES string of the molecule is NCCCc1ccc(F)c(F)c1O. The van der Waals surface area contributed by atoms with Crippen LogP contribution in [-0.2, 0) is 6.42 Å². The lowest BCUT2D eigenvalue weighted by atomic mass is 10.1. The minimum absolute atomic E-state index is 0.393. The molecule has 0 radical (unpaired) electrons. The first kappa shape index (κ1) is 9.92. The lowest BCUT2D eigenvalue weighted by molar-refractivity contribution is 0.401. The van der Waals surface area contributed by atoms with Crippen LogP contribution in [0.15, 0.2) is 12.1 Å². The van der Waals surface area contributed by atoms with Gasteiger partial charge in [-0.3, -0.25) is 0 Å². The van der Waals surface area contributed by atoms with E-state index in [9.17, 15) is 8.78 Å². The summed E-state index contributed by atoms with van der Waals surface area (Å²) >= 11 is 0. The Morgan fingerprint density at radius 3 is 2.62 bits per heavy atom. The Kier molecular flexibility index (Phi) is 3.19. The van der Waals surface area contributed by atoms with E-state index in [0.717, 1.165) is 6.07 Å². The van der Waals surface area contributed by atoms with Crippen LogP contribution in [0.3, 0.4) is 0 Å². The van der Waals surface area contributed by atoms with Crippen molar-refractivity contribution in [2.24, 2.45) is 5.73 Å². The number of nitrogens with two attached hydrogens (primary N) is 1. The second kappa shape index (κ2) is 4.18. The van der Waals surface area contributed by atoms with Crippen LogP contribution in [0.1, 0.15) is 12.0 Å². The predicted molar refractivity (Wildman–Crippen MR) is 45.4 cm³/mol. The number of rotatable bonds is 3. The fraction of sp³-hybridized carbons (Fsp3) is 0.333. The lowest BCUT2D eigenvalue weighted by Gasteiger charge is -2.04. The predicted octanol–water partition coefficient (Wildman–Crippen LogP) is 1.56. The van der Waals surface area contributed by atoms with Gasteiger partial charge in [0.1, 0.15) is 0 Å². The molecule has 0 fully saturated rings. The van der Waals surface area contributed by atoms with Gasteiger partial charge in [-0.1, -0.05) is 6.07 Å². The van der Waals surface area contributed by atoms with Crippen LogP contribution in [0.25, 0.3) is 0 Å². The maximum atomic E-state index is 12.8. The topological polar surface area (TPSA) is 46.2 Å². The number of phenolic OH excluding ortho intramolecular Hbond substituents is 1. The zero-order valence-electron chi connectivity index (χ0n) is 7.06. The third-order valence-electron chi connectivity index (χ3n) is 1.80. The van der Waals surface area contributed by atoms with E-state index in [1.165, 1.54) is 6.07 Å². The van der Waals surface area contributed by atoms with Crippen LogP contribution < -0.4 is 5.73 Å². The number of halogens is 2. The molecule has 4 heteroatoms. The molecular weight excluding hydrogens is 176 g/mol. The second-order valence-corrected chi connectivity index (χ2v) is 2.76. The van der Waals surface area contributed by atoms with Crippen LogP contribution in [0.4, 0.5) is 8.78 Å². The highest BCUT2D eigenvalue weighted by Gasteiger charge is 2.11. The third-order valence-corrected chi connectivity index (χ3v) is 1.80. The minimum Gasteiger partial charge on any atom is -0.505 e. The molecule has 13 heavy (non-hydrogen) atoms. The Bertz CT molecular complexity index is 302. The van der Waals surface area contributed by atoms with Crippen molar-refractivity contribution in [1.29, 1.82) is 0 Å². The Balaban J connectivity index is 2.90. The van der Waals surface area contributed by atoms with Crippen molar-refractivity contribution in [3.63, 3.8) is 0 Å². The molecular formula is C9H11F2NO. The van der Waals surface area contributed by atoms with Crippen molar-refractivity contribution in [2.45, 2.75) is 12.8 Å². The first-order valence-corrected chi connectivity index (χ1v) is 4.02. The van der Waals surface area contributed by atoms with E-state index in [0.29, 0.717) is 24.9 Å². The molecule has 0 aliphatic rings. The number of benzene rings is 1. The summed E-state index contributed by atoms with van der Waals surface area (Å²) in [4.78, 5) is 0. The summed E-state index contributed by atoms with van der Waals surface area (Å²) < 4.78 is 25.3. The molecule has 0 aliphatic heterocycles. The summed E-state index contributed by atoms with van der Waals surface area (Å²) in [5.74, 6) is -2.82. The summed E-state index contributed by atoms with van der Waals surface area (Å²) in [6, 6.07) is 2.37. The maximum Gasteiger partial charge on any atom is 0.200 e. The summed E-state index contributed by atoms with van der Waals surface area (Å²) in [5.41, 5.74) is 5.64. The van der Waals surface area contributed by atoms with Crippen LogP contribution >= 0.6 is 0 Å². The van der Waals surface area contributed by atoms with E-state index in [4.69, 9.17) is 10.8 Å². The number of aromatic hydroxyl groups is 1. The highest BCUT2D eigenvalue weighted by Crippen LogP contribution is 2.24. The summed E-state index contributed by atoms with van der Waals surface area (Å²) in [7, 11) is 0.